The van der Waals surface area contributed by atoms with Gasteiger partial charge in [-0.15, -0.1) is 0 Å². The predicted molar refractivity (Wildman–Crippen MR) is 237 cm³/mol. The van der Waals surface area contributed by atoms with E-state index in [-0.39, 0.29) is 42.9 Å². The number of hydrogen-bond donors (Lipinski definition) is 10. The van der Waals surface area contributed by atoms with E-state index in [4.69, 9.17) is 4.74 Å². The molecule has 22 heteroatoms. The summed E-state index contributed by atoms with van der Waals surface area (Å²) in [7, 11) is -0.0126. The molecule has 5 amide bonds. The fourth-order valence-corrected chi connectivity index (χ4v) is 8.61. The molecule has 0 radical (unpaired) electrons. The highest BCUT2D eigenvalue weighted by Crippen LogP contribution is 2.33. The standard InChI is InChI=1S/C43H53N9O12S/c1-22(51(4)38(58)31-17-23-16-25(53)10-11-28(23)43(2,3)50-31)35(37(57)45-21-26-19-33(54)39(64-26)52-14-12-34(55)48-42(52)62)49-36(56)30(13-15-65(5)63)46-41(61)47-32(40(59)60)18-24-20-44-29-9-7-6-8-27(24)29/h6-12,14,16,20-22,30-33,35,39,44,50,53-54H,13,15,17-19H2,1-5H3,(H,45,57)(H,49,56)(H,59,60)(H2,46,47,61)(H,48,55,62). The summed E-state index contributed by atoms with van der Waals surface area (Å²) < 4.78 is 19.0. The summed E-state index contributed by atoms with van der Waals surface area (Å²) in [6, 6.07) is 5.77. The van der Waals surface area contributed by atoms with E-state index in [1.165, 1.54) is 25.1 Å². The number of aromatic hydroxyl groups is 1. The Kier molecular flexibility index (Phi) is 14.6. The van der Waals surface area contributed by atoms with Gasteiger partial charge in [0.15, 0.2) is 0 Å². The van der Waals surface area contributed by atoms with Crippen LogP contribution in [0.2, 0.25) is 0 Å². The predicted octanol–water partition coefficient (Wildman–Crippen LogP) is -0.125. The molecule has 348 valence electrons. The van der Waals surface area contributed by atoms with E-state index < -0.39 is 99.9 Å². The highest BCUT2D eigenvalue weighted by atomic mass is 32.2. The number of aromatic amines is 2. The highest BCUT2D eigenvalue weighted by molar-refractivity contribution is 7.84. The first kappa shape index (κ1) is 47.7. The molecule has 0 spiro atoms. The number of para-hydroxylation sites is 1. The molecule has 2 aromatic heterocycles. The number of nitrogens with one attached hydrogen (secondary N) is 7. The van der Waals surface area contributed by atoms with Gasteiger partial charge in [0.25, 0.3) is 5.56 Å². The molecule has 2 aromatic carbocycles. The van der Waals surface area contributed by atoms with Gasteiger partial charge in [0.2, 0.25) is 23.9 Å². The molecule has 0 bridgehead atoms. The number of aliphatic hydroxyl groups excluding tert-OH is 1. The minimum atomic E-state index is -1.56. The molecule has 2 aliphatic rings. The zero-order valence-electron chi connectivity index (χ0n) is 36.2. The monoisotopic (exact) mass is 919 g/mol. The highest BCUT2D eigenvalue weighted by Gasteiger charge is 2.41. The van der Waals surface area contributed by atoms with Crippen molar-refractivity contribution in [1.82, 2.24) is 46.0 Å². The summed E-state index contributed by atoms with van der Waals surface area (Å²) >= 11 is 0. The van der Waals surface area contributed by atoms with Crippen molar-refractivity contribution in [3.63, 3.8) is 0 Å². The van der Waals surface area contributed by atoms with Crippen molar-refractivity contribution < 1.29 is 48.2 Å². The van der Waals surface area contributed by atoms with E-state index in [0.29, 0.717) is 5.56 Å². The first-order chi connectivity index (χ1) is 30.7. The SMILES string of the molecule is CC(C(NC(=O)C(CCS(C)=O)NC(=O)NC(Cc1c[nH]c2ccccc12)C(=O)O)C(=O)NC=C1CC(O)C(n2ccc(=O)[nH]c2=O)O1)N(C)C(=O)C1Cc2cc(O)ccc2C(C)(C)N1. The van der Waals surface area contributed by atoms with Gasteiger partial charge in [-0.3, -0.25) is 38.3 Å². The minimum absolute atomic E-state index is 0.0222. The van der Waals surface area contributed by atoms with Crippen molar-refractivity contribution in [2.24, 2.45) is 0 Å². The van der Waals surface area contributed by atoms with Gasteiger partial charge in [-0.25, -0.2) is 14.4 Å². The Hall–Kier alpha value is -6.78. The Morgan fingerprint density at radius 2 is 1.75 bits per heavy atom. The molecule has 4 heterocycles. The number of nitrogens with zero attached hydrogens (tertiary/aromatic N) is 2. The molecule has 65 heavy (non-hydrogen) atoms. The number of carbonyl (C=O) groups excluding carboxylic acids is 4. The number of hydrogen-bond acceptors (Lipinski definition) is 12. The zero-order chi connectivity index (χ0) is 47.3. The molecule has 0 saturated carbocycles. The number of rotatable bonds is 16. The number of carboxylic acids is 1. The second-order valence-electron chi connectivity index (χ2n) is 16.7. The third-order valence-corrected chi connectivity index (χ3v) is 12.4. The summed E-state index contributed by atoms with van der Waals surface area (Å²) in [6.45, 7) is 5.27. The fourth-order valence-electron chi connectivity index (χ4n) is 8.05. The maximum absolute atomic E-state index is 14.3. The molecule has 6 rings (SSSR count). The van der Waals surface area contributed by atoms with Crippen LogP contribution in [0, 0.1) is 0 Å². The Morgan fingerprint density at radius 3 is 2.46 bits per heavy atom. The van der Waals surface area contributed by atoms with Crippen LogP contribution in [0.1, 0.15) is 56.5 Å². The van der Waals surface area contributed by atoms with Gasteiger partial charge in [0, 0.05) is 83.8 Å². The van der Waals surface area contributed by atoms with Gasteiger partial charge in [-0.05, 0) is 68.5 Å². The smallest absolute Gasteiger partial charge is 0.331 e. The number of fused-ring (bicyclic) bond motifs is 2. The molecule has 1 fully saturated rings. The number of phenols is 1. The number of urea groups is 1. The number of amides is 5. The minimum Gasteiger partial charge on any atom is -0.508 e. The molecule has 4 aromatic rings. The van der Waals surface area contributed by atoms with Crippen molar-refractivity contribution in [2.45, 2.75) is 94.5 Å². The van der Waals surface area contributed by atoms with Crippen LogP contribution in [0.4, 0.5) is 4.79 Å². The number of benzene rings is 2. The Bertz CT molecular complexity index is 2640. The lowest BCUT2D eigenvalue weighted by Gasteiger charge is -2.41. The van der Waals surface area contributed by atoms with Crippen molar-refractivity contribution in [3.05, 3.63) is 110 Å². The van der Waals surface area contributed by atoms with Gasteiger partial charge in [-0.1, -0.05) is 24.3 Å². The Labute approximate surface area is 374 Å². The summed E-state index contributed by atoms with van der Waals surface area (Å²) in [4.78, 5) is 98.9. The van der Waals surface area contributed by atoms with E-state index in [1.54, 1.807) is 36.5 Å². The number of phenolic OH excluding ortho intramolecular Hbond substituents is 1. The lowest BCUT2D eigenvalue weighted by Crippen LogP contribution is -2.63. The summed E-state index contributed by atoms with van der Waals surface area (Å²) in [5, 5.41) is 45.1. The van der Waals surface area contributed by atoms with Crippen LogP contribution in [-0.4, -0.2) is 124 Å². The van der Waals surface area contributed by atoms with Gasteiger partial charge >= 0.3 is 17.7 Å². The van der Waals surface area contributed by atoms with Gasteiger partial charge < -0.3 is 51.2 Å². The number of carbonyl (C=O) groups is 5. The third-order valence-electron chi connectivity index (χ3n) is 11.6. The fraction of sp³-hybridized carbons (Fsp3) is 0.419. The van der Waals surface area contributed by atoms with Crippen LogP contribution in [0.3, 0.4) is 0 Å². The van der Waals surface area contributed by atoms with Crippen LogP contribution in [-0.2, 0) is 53.1 Å². The zero-order valence-corrected chi connectivity index (χ0v) is 37.1. The van der Waals surface area contributed by atoms with Crippen LogP contribution in [0.15, 0.2) is 82.5 Å². The number of H-pyrrole nitrogens is 2. The third kappa shape index (κ3) is 11.3. The second kappa shape index (κ2) is 19.9. The molecule has 0 aliphatic carbocycles. The van der Waals surface area contributed by atoms with E-state index in [2.05, 4.69) is 36.6 Å². The largest absolute Gasteiger partial charge is 0.508 e. The van der Waals surface area contributed by atoms with E-state index >= 15 is 0 Å². The maximum Gasteiger partial charge on any atom is 0.331 e. The normalized spacial score (nSPS) is 20.6. The van der Waals surface area contributed by atoms with Crippen molar-refractivity contribution >= 4 is 51.4 Å². The van der Waals surface area contributed by atoms with Crippen LogP contribution in [0.25, 0.3) is 10.9 Å². The summed E-state index contributed by atoms with van der Waals surface area (Å²) in [5.41, 5.74) is 0.781. The van der Waals surface area contributed by atoms with Gasteiger partial charge in [-0.2, -0.15) is 0 Å². The molecule has 10 N–H and O–H groups in total. The molecule has 8 atom stereocenters. The number of carboxylic acid groups (broad SMARTS) is 1. The molecular weight excluding hydrogens is 867 g/mol. The lowest BCUT2D eigenvalue weighted by molar-refractivity contribution is -0.139. The van der Waals surface area contributed by atoms with Crippen LogP contribution in [0.5, 0.6) is 5.75 Å². The van der Waals surface area contributed by atoms with Crippen molar-refractivity contribution in [1.29, 1.82) is 0 Å². The Morgan fingerprint density at radius 1 is 1.03 bits per heavy atom. The number of aliphatic hydroxyl groups is 1. The molecular formula is C43H53N9O12S. The topological polar surface area (TPSA) is 306 Å². The lowest BCUT2D eigenvalue weighted by atomic mass is 9.82. The summed E-state index contributed by atoms with van der Waals surface area (Å²) in [5.74, 6) is -3.65. The van der Waals surface area contributed by atoms with Crippen LogP contribution >= 0.6 is 0 Å². The molecule has 21 nitrogen and oxygen atoms in total. The van der Waals surface area contributed by atoms with Gasteiger partial charge in [0.05, 0.1) is 12.1 Å². The van der Waals surface area contributed by atoms with Crippen molar-refractivity contribution in [2.75, 3.05) is 19.1 Å². The quantitative estimate of drug-likeness (QED) is 0.0702. The molecule has 1 saturated heterocycles. The average molecular weight is 920 g/mol. The number of aromatic nitrogens is 3. The second-order valence-corrected chi connectivity index (χ2v) is 18.2. The number of ether oxygens (including phenoxy) is 1. The van der Waals surface area contributed by atoms with E-state index in [0.717, 1.165) is 45.1 Å². The number of aliphatic carboxylic acids is 1. The molecule has 2 aliphatic heterocycles. The van der Waals surface area contributed by atoms with E-state index in [1.807, 2.05) is 26.0 Å². The van der Waals surface area contributed by atoms with Crippen LogP contribution < -0.4 is 37.8 Å². The van der Waals surface area contributed by atoms with E-state index in [9.17, 15) is 53.1 Å². The number of likely N-dealkylation sites (N-methyl/N-ethyl adjacent to an activating group) is 1. The average Bonchev–Trinajstić information content (AvgIpc) is 3.83. The summed E-state index contributed by atoms with van der Waals surface area (Å²) in [6.07, 6.45) is 2.46. The molecule has 8 unspecified atom stereocenters. The first-order valence-corrected chi connectivity index (χ1v) is 22.4. The van der Waals surface area contributed by atoms with Crippen molar-refractivity contribution in [3.8, 4) is 5.75 Å². The maximum atomic E-state index is 14.3. The first-order valence-electron chi connectivity index (χ1n) is 20.7. The van der Waals surface area contributed by atoms with Gasteiger partial charge in [0.1, 0.15) is 35.7 Å². The Balaban J connectivity index is 1.23.